The molecule has 7 rings (SSSR count). The lowest BCUT2D eigenvalue weighted by Gasteiger charge is -2.16. The minimum Gasteiger partial charge on any atom is -0.459 e. The van der Waals surface area contributed by atoms with Crippen molar-refractivity contribution in [3.05, 3.63) is 59.9 Å². The third kappa shape index (κ3) is 6.27. The summed E-state index contributed by atoms with van der Waals surface area (Å²) in [5.74, 6) is 0.659. The third-order valence-corrected chi connectivity index (χ3v) is 8.08. The van der Waals surface area contributed by atoms with E-state index >= 15 is 0 Å². The first-order valence-corrected chi connectivity index (χ1v) is 15.0. The summed E-state index contributed by atoms with van der Waals surface area (Å²) in [6, 6.07) is 8.12. The molecule has 5 aromatic rings. The van der Waals surface area contributed by atoms with E-state index in [1.165, 1.54) is 0 Å². The summed E-state index contributed by atoms with van der Waals surface area (Å²) in [6.45, 7) is 5.37. The van der Waals surface area contributed by atoms with Gasteiger partial charge in [0.15, 0.2) is 17.5 Å². The number of rotatable bonds is 10. The average molecular weight is 612 g/mol. The van der Waals surface area contributed by atoms with Gasteiger partial charge in [0.25, 0.3) is 0 Å². The quantitative estimate of drug-likeness (QED) is 0.180. The zero-order valence-corrected chi connectivity index (χ0v) is 25.3. The number of carbonyl (C=O) groups excluding carboxylic acids is 1. The number of aryl methyl sites for hydroxylation is 3. The summed E-state index contributed by atoms with van der Waals surface area (Å²) in [7, 11) is 1.88. The minimum atomic E-state index is -0.493. The zero-order chi connectivity index (χ0) is 31.1. The zero-order valence-electron chi connectivity index (χ0n) is 25.3. The van der Waals surface area contributed by atoms with Gasteiger partial charge in [-0.25, -0.2) is 19.3 Å². The maximum atomic E-state index is 14.1. The van der Waals surface area contributed by atoms with Crippen molar-refractivity contribution in [2.24, 2.45) is 7.05 Å². The molecule has 1 atom stereocenters. The lowest BCUT2D eigenvalue weighted by atomic mass is 10.1. The molecule has 2 aliphatic rings. The van der Waals surface area contributed by atoms with E-state index in [2.05, 4.69) is 41.0 Å². The molecule has 0 spiro atoms. The number of nitrogens with one attached hydrogen (secondary N) is 4. The number of ether oxygens (including phenoxy) is 1. The summed E-state index contributed by atoms with van der Waals surface area (Å²) < 4.78 is 21.8. The second kappa shape index (κ2) is 11.8. The van der Waals surface area contributed by atoms with Crippen LogP contribution in [0.3, 0.4) is 0 Å². The number of aromatic amines is 1. The Kier molecular flexibility index (Phi) is 7.49. The van der Waals surface area contributed by atoms with Crippen LogP contribution in [-0.4, -0.2) is 77.3 Å². The van der Waals surface area contributed by atoms with Crippen LogP contribution >= 0.6 is 0 Å². The van der Waals surface area contributed by atoms with E-state index in [9.17, 15) is 9.18 Å². The number of para-hydroxylation sites is 1. The highest BCUT2D eigenvalue weighted by Gasteiger charge is 2.28. The Morgan fingerprint density at radius 1 is 1.16 bits per heavy atom. The molecule has 1 amide bonds. The number of anilines is 4. The molecule has 1 saturated carbocycles. The van der Waals surface area contributed by atoms with Gasteiger partial charge in [-0.15, -0.1) is 0 Å². The van der Waals surface area contributed by atoms with E-state index in [1.807, 2.05) is 56.3 Å². The highest BCUT2D eigenvalue weighted by molar-refractivity contribution is 6.06. The van der Waals surface area contributed by atoms with Gasteiger partial charge in [0.1, 0.15) is 6.10 Å². The number of aromatic nitrogens is 7. The molecule has 2 fully saturated rings. The largest absolute Gasteiger partial charge is 0.459 e. The minimum absolute atomic E-state index is 0.136. The molecule has 232 valence electrons. The van der Waals surface area contributed by atoms with Crippen LogP contribution in [0.2, 0.25) is 0 Å². The van der Waals surface area contributed by atoms with Gasteiger partial charge in [0.2, 0.25) is 11.9 Å². The number of hydrogen-bond donors (Lipinski definition) is 4. The summed E-state index contributed by atoms with van der Waals surface area (Å²) in [6.07, 6.45) is 7.34. The number of likely N-dealkylation sites (tertiary alicyclic amines) is 1. The van der Waals surface area contributed by atoms with Crippen LogP contribution in [0.15, 0.2) is 42.9 Å². The highest BCUT2D eigenvalue weighted by atomic mass is 19.1. The monoisotopic (exact) mass is 611 g/mol. The fraction of sp³-hybridized carbons (Fsp3) is 0.355. The third-order valence-electron chi connectivity index (χ3n) is 8.08. The molecule has 0 bridgehead atoms. The van der Waals surface area contributed by atoms with E-state index in [-0.39, 0.29) is 36.4 Å². The van der Waals surface area contributed by atoms with Crippen LogP contribution in [0, 0.1) is 19.7 Å². The average Bonchev–Trinajstić information content (AvgIpc) is 3.39. The molecule has 1 saturated heterocycles. The molecule has 1 unspecified atom stereocenters. The number of hydrogen-bond acceptors (Lipinski definition) is 10. The standard InChI is InChI=1S/C31H34FN11O2/c1-17-12-34-30(38-25-11-18(2)42(3)41-25)39-27(17)22-13-33-28-21(22)5-4-6-24(28)37-26(44)16-43-10-9-20(15-43)45-31-35-14-23(32)29(40-31)36-19-7-8-19/h4-6,11-14,19-20,33H,7-10,15-16H2,1-3H3,(H,37,44)(H,35,36,40)(H,34,38,39,41). The van der Waals surface area contributed by atoms with Gasteiger partial charge in [0, 0.05) is 61.3 Å². The molecule has 4 N–H and O–H groups in total. The second-order valence-electron chi connectivity index (χ2n) is 11.7. The Bertz CT molecular complexity index is 1860. The second-order valence-corrected chi connectivity index (χ2v) is 11.7. The summed E-state index contributed by atoms with van der Waals surface area (Å²) in [5, 5.41) is 14.7. The number of H-pyrrole nitrogens is 1. The number of amides is 1. The normalized spacial score (nSPS) is 16.7. The molecule has 1 aliphatic carbocycles. The van der Waals surface area contributed by atoms with E-state index in [0.29, 0.717) is 37.0 Å². The number of halogens is 1. The van der Waals surface area contributed by atoms with Gasteiger partial charge in [-0.1, -0.05) is 12.1 Å². The van der Waals surface area contributed by atoms with Crippen LogP contribution in [0.5, 0.6) is 6.01 Å². The van der Waals surface area contributed by atoms with E-state index in [0.717, 1.165) is 52.5 Å². The maximum Gasteiger partial charge on any atom is 0.318 e. The molecular formula is C31H34FN11O2. The highest BCUT2D eigenvalue weighted by Crippen LogP contribution is 2.33. The predicted octanol–water partition coefficient (Wildman–Crippen LogP) is 4.31. The Morgan fingerprint density at radius 3 is 2.82 bits per heavy atom. The lowest BCUT2D eigenvalue weighted by molar-refractivity contribution is -0.117. The van der Waals surface area contributed by atoms with Gasteiger partial charge >= 0.3 is 6.01 Å². The lowest BCUT2D eigenvalue weighted by Crippen LogP contribution is -2.33. The van der Waals surface area contributed by atoms with Gasteiger partial charge < -0.3 is 25.7 Å². The first kappa shape index (κ1) is 28.6. The topological polar surface area (TPSA) is 151 Å². The van der Waals surface area contributed by atoms with Crippen molar-refractivity contribution in [1.29, 1.82) is 0 Å². The number of benzene rings is 1. The van der Waals surface area contributed by atoms with Crippen LogP contribution in [-0.2, 0) is 11.8 Å². The van der Waals surface area contributed by atoms with Crippen molar-refractivity contribution in [2.75, 3.05) is 35.6 Å². The van der Waals surface area contributed by atoms with Crippen molar-refractivity contribution >= 4 is 40.1 Å². The van der Waals surface area contributed by atoms with Crippen LogP contribution in [0.1, 0.15) is 30.5 Å². The van der Waals surface area contributed by atoms with E-state index < -0.39 is 5.82 Å². The Hall–Kier alpha value is -5.11. The van der Waals surface area contributed by atoms with Crippen molar-refractivity contribution < 1.29 is 13.9 Å². The van der Waals surface area contributed by atoms with Crippen LogP contribution in [0.4, 0.5) is 27.7 Å². The molecule has 1 aliphatic heterocycles. The van der Waals surface area contributed by atoms with Crippen molar-refractivity contribution in [3.8, 4) is 17.3 Å². The molecule has 4 aromatic heterocycles. The number of nitrogens with zero attached hydrogens (tertiary/aromatic N) is 7. The number of carbonyl (C=O) groups is 1. The molecule has 1 aromatic carbocycles. The molecule has 13 nitrogen and oxygen atoms in total. The van der Waals surface area contributed by atoms with Crippen LogP contribution in [0.25, 0.3) is 22.2 Å². The molecule has 45 heavy (non-hydrogen) atoms. The molecule has 14 heteroatoms. The first-order valence-electron chi connectivity index (χ1n) is 15.0. The van der Waals surface area contributed by atoms with Crippen molar-refractivity contribution in [2.45, 2.75) is 45.3 Å². The van der Waals surface area contributed by atoms with Gasteiger partial charge in [0.05, 0.1) is 29.6 Å². The maximum absolute atomic E-state index is 14.1. The summed E-state index contributed by atoms with van der Waals surface area (Å²) in [4.78, 5) is 35.9. The molecular weight excluding hydrogens is 577 g/mol. The van der Waals surface area contributed by atoms with Gasteiger partial charge in [-0.3, -0.25) is 14.4 Å². The summed E-state index contributed by atoms with van der Waals surface area (Å²) >= 11 is 0. The first-order chi connectivity index (χ1) is 21.8. The molecule has 0 radical (unpaired) electrons. The molecule has 5 heterocycles. The summed E-state index contributed by atoms with van der Waals surface area (Å²) in [5.41, 5.74) is 5.10. The van der Waals surface area contributed by atoms with Gasteiger partial charge in [-0.05, 0) is 44.7 Å². The fourth-order valence-corrected chi connectivity index (χ4v) is 5.47. The van der Waals surface area contributed by atoms with E-state index in [1.54, 1.807) is 10.9 Å². The van der Waals surface area contributed by atoms with Gasteiger partial charge in [-0.2, -0.15) is 10.1 Å². The van der Waals surface area contributed by atoms with Crippen molar-refractivity contribution in [1.82, 2.24) is 39.6 Å². The number of fused-ring (bicyclic) bond motifs is 1. The smallest absolute Gasteiger partial charge is 0.318 e. The fourth-order valence-electron chi connectivity index (χ4n) is 5.47. The van der Waals surface area contributed by atoms with Crippen molar-refractivity contribution in [3.63, 3.8) is 0 Å². The SMILES string of the molecule is Cc1cnc(Nc2cc(C)n(C)n2)nc1-c1c[nH]c2c(NC(=O)CN3CCC(Oc4ncc(F)c(NC5CC5)n4)C3)cccc12. The Morgan fingerprint density at radius 2 is 2.02 bits per heavy atom. The van der Waals surface area contributed by atoms with Crippen LogP contribution < -0.4 is 20.7 Å². The Balaban J connectivity index is 1.00. The predicted molar refractivity (Wildman–Crippen MR) is 168 cm³/mol. The van der Waals surface area contributed by atoms with E-state index in [4.69, 9.17) is 9.72 Å². The Labute approximate surface area is 258 Å².